The average molecular weight is 353 g/mol. The Labute approximate surface area is 144 Å². The second kappa shape index (κ2) is 7.68. The number of hydrogen-bond donors (Lipinski definition) is 0. The molecule has 7 heteroatoms. The number of nitrogens with zero attached hydrogens (tertiary/aromatic N) is 2. The van der Waals surface area contributed by atoms with Gasteiger partial charge in [0, 0.05) is 32.2 Å². The lowest BCUT2D eigenvalue weighted by atomic mass is 10.3. The maximum Gasteiger partial charge on any atom is 0.260 e. The Morgan fingerprint density at radius 1 is 1.25 bits per heavy atom. The van der Waals surface area contributed by atoms with E-state index in [0.717, 1.165) is 25.4 Å². The highest BCUT2D eigenvalue weighted by Gasteiger charge is 2.22. The van der Waals surface area contributed by atoms with E-state index in [2.05, 4.69) is 4.90 Å². The van der Waals surface area contributed by atoms with Crippen molar-refractivity contribution in [1.29, 1.82) is 0 Å². The van der Waals surface area contributed by atoms with Gasteiger partial charge in [-0.15, -0.1) is 0 Å². The van der Waals surface area contributed by atoms with Gasteiger partial charge in [0.05, 0.1) is 17.8 Å². The van der Waals surface area contributed by atoms with Gasteiger partial charge in [0.15, 0.2) is 6.61 Å². The first-order valence-electron chi connectivity index (χ1n) is 7.72. The Bertz CT molecular complexity index is 685. The average Bonchev–Trinajstić information content (AvgIpc) is 3.09. The maximum atomic E-state index is 13.1. The molecule has 0 saturated carbocycles. The first-order valence-corrected chi connectivity index (χ1v) is 8.10. The fraction of sp³-hybridized carbons (Fsp3) is 0.353. The Morgan fingerprint density at radius 2 is 2.04 bits per heavy atom. The van der Waals surface area contributed by atoms with E-state index in [1.54, 1.807) is 11.2 Å². The lowest BCUT2D eigenvalue weighted by Crippen LogP contribution is -2.49. The molecule has 5 nitrogen and oxygen atoms in total. The van der Waals surface area contributed by atoms with Gasteiger partial charge >= 0.3 is 0 Å². The van der Waals surface area contributed by atoms with Crippen molar-refractivity contribution in [3.63, 3.8) is 0 Å². The Morgan fingerprint density at radius 3 is 2.71 bits per heavy atom. The molecule has 1 aliphatic heterocycles. The van der Waals surface area contributed by atoms with Gasteiger partial charge < -0.3 is 14.1 Å². The third-order valence-corrected chi connectivity index (χ3v) is 4.23. The molecule has 0 aliphatic carbocycles. The molecule has 1 aromatic carbocycles. The zero-order valence-electron chi connectivity index (χ0n) is 13.1. The summed E-state index contributed by atoms with van der Waals surface area (Å²) in [5, 5.41) is -0.0218. The maximum absolute atomic E-state index is 13.1. The topological polar surface area (TPSA) is 45.9 Å². The van der Waals surface area contributed by atoms with Crippen LogP contribution in [0.4, 0.5) is 4.39 Å². The lowest BCUT2D eigenvalue weighted by Gasteiger charge is -2.34. The van der Waals surface area contributed by atoms with Crippen molar-refractivity contribution in [1.82, 2.24) is 9.80 Å². The van der Waals surface area contributed by atoms with Crippen LogP contribution in [0.5, 0.6) is 5.75 Å². The van der Waals surface area contributed by atoms with Crippen molar-refractivity contribution in [3.05, 3.63) is 53.2 Å². The van der Waals surface area contributed by atoms with Crippen LogP contribution in [0.25, 0.3) is 0 Å². The predicted molar refractivity (Wildman–Crippen MR) is 87.5 cm³/mol. The van der Waals surface area contributed by atoms with Crippen LogP contribution in [0.2, 0.25) is 5.02 Å². The van der Waals surface area contributed by atoms with Crippen LogP contribution in [0, 0.1) is 5.82 Å². The summed E-state index contributed by atoms with van der Waals surface area (Å²) < 4.78 is 23.8. The number of hydrogen-bond acceptors (Lipinski definition) is 4. The predicted octanol–water partition coefficient (Wildman–Crippen LogP) is 2.80. The van der Waals surface area contributed by atoms with E-state index < -0.39 is 5.82 Å². The third kappa shape index (κ3) is 4.27. The number of carbonyl (C=O) groups excluding carboxylic acids is 1. The number of piperazine rings is 1. The number of carbonyl (C=O) groups is 1. The minimum Gasteiger partial charge on any atom is -0.484 e. The van der Waals surface area contributed by atoms with Crippen molar-refractivity contribution in [2.24, 2.45) is 0 Å². The van der Waals surface area contributed by atoms with E-state index in [4.69, 9.17) is 20.8 Å². The molecule has 2 heterocycles. The van der Waals surface area contributed by atoms with Crippen molar-refractivity contribution >= 4 is 17.5 Å². The van der Waals surface area contributed by atoms with Crippen LogP contribution in [-0.4, -0.2) is 48.5 Å². The van der Waals surface area contributed by atoms with E-state index in [9.17, 15) is 9.18 Å². The standard InChI is InChI=1S/C17H18ClFN2O3/c18-15-10-13(3-4-16(15)19)24-12-17(22)21-7-5-20(6-8-21)11-14-2-1-9-23-14/h1-4,9-10H,5-8,11-12H2. The van der Waals surface area contributed by atoms with Gasteiger partial charge in [-0.2, -0.15) is 0 Å². The van der Waals surface area contributed by atoms with Crippen LogP contribution in [-0.2, 0) is 11.3 Å². The number of furan rings is 1. The molecule has 0 spiro atoms. The van der Waals surface area contributed by atoms with E-state index >= 15 is 0 Å². The summed E-state index contributed by atoms with van der Waals surface area (Å²) in [7, 11) is 0. The van der Waals surface area contributed by atoms with Crippen molar-refractivity contribution in [2.75, 3.05) is 32.8 Å². The number of rotatable bonds is 5. The summed E-state index contributed by atoms with van der Waals surface area (Å²) in [5.74, 6) is 0.702. The molecule has 1 aliphatic rings. The van der Waals surface area contributed by atoms with Crippen LogP contribution in [0.15, 0.2) is 41.0 Å². The van der Waals surface area contributed by atoms with Crippen molar-refractivity contribution in [2.45, 2.75) is 6.54 Å². The van der Waals surface area contributed by atoms with Crippen LogP contribution < -0.4 is 4.74 Å². The normalized spacial score (nSPS) is 15.5. The second-order valence-electron chi connectivity index (χ2n) is 5.60. The smallest absolute Gasteiger partial charge is 0.260 e. The van der Waals surface area contributed by atoms with Gasteiger partial charge in [0.2, 0.25) is 0 Å². The monoisotopic (exact) mass is 352 g/mol. The van der Waals surface area contributed by atoms with E-state index in [1.165, 1.54) is 18.2 Å². The molecule has 128 valence electrons. The fourth-order valence-corrected chi connectivity index (χ4v) is 2.75. The molecule has 0 bridgehead atoms. The van der Waals surface area contributed by atoms with Gasteiger partial charge in [0.1, 0.15) is 17.3 Å². The number of halogens is 2. The Kier molecular flexibility index (Phi) is 5.37. The third-order valence-electron chi connectivity index (χ3n) is 3.94. The summed E-state index contributed by atoms with van der Waals surface area (Å²) in [6, 6.07) is 7.85. The van der Waals surface area contributed by atoms with Crippen molar-refractivity contribution < 1.29 is 18.3 Å². The van der Waals surface area contributed by atoms with E-state index in [0.29, 0.717) is 18.8 Å². The second-order valence-corrected chi connectivity index (χ2v) is 6.01. The van der Waals surface area contributed by atoms with Crippen molar-refractivity contribution in [3.8, 4) is 5.75 Å². The highest BCUT2D eigenvalue weighted by molar-refractivity contribution is 6.30. The summed E-state index contributed by atoms with van der Waals surface area (Å²) in [4.78, 5) is 16.2. The highest BCUT2D eigenvalue weighted by atomic mass is 35.5. The minimum atomic E-state index is -0.511. The molecule has 1 saturated heterocycles. The minimum absolute atomic E-state index is 0.0218. The van der Waals surface area contributed by atoms with Crippen LogP contribution in [0.1, 0.15) is 5.76 Å². The largest absolute Gasteiger partial charge is 0.484 e. The zero-order chi connectivity index (χ0) is 16.9. The molecule has 1 amide bonds. The molecule has 0 N–H and O–H groups in total. The quantitative estimate of drug-likeness (QED) is 0.830. The van der Waals surface area contributed by atoms with Gasteiger partial charge in [-0.1, -0.05) is 11.6 Å². The van der Waals surface area contributed by atoms with Crippen LogP contribution >= 0.6 is 11.6 Å². The zero-order valence-corrected chi connectivity index (χ0v) is 13.8. The molecule has 1 aromatic heterocycles. The first kappa shape index (κ1) is 16.8. The molecule has 0 atom stereocenters. The molecule has 0 radical (unpaired) electrons. The lowest BCUT2D eigenvalue weighted by molar-refractivity contribution is -0.135. The Hall–Kier alpha value is -2.05. The number of ether oxygens (including phenoxy) is 1. The highest BCUT2D eigenvalue weighted by Crippen LogP contribution is 2.21. The van der Waals surface area contributed by atoms with Gasteiger partial charge in [-0.3, -0.25) is 9.69 Å². The SMILES string of the molecule is O=C(COc1ccc(F)c(Cl)c1)N1CCN(Cc2ccco2)CC1. The first-order chi connectivity index (χ1) is 11.6. The van der Waals surface area contributed by atoms with Crippen LogP contribution in [0.3, 0.4) is 0 Å². The molecule has 2 aromatic rings. The fourth-order valence-electron chi connectivity index (χ4n) is 2.58. The van der Waals surface area contributed by atoms with Gasteiger partial charge in [-0.05, 0) is 24.3 Å². The summed E-state index contributed by atoms with van der Waals surface area (Å²) >= 11 is 5.69. The molecular weight excluding hydrogens is 335 g/mol. The molecule has 0 unspecified atom stereocenters. The summed E-state index contributed by atoms with van der Waals surface area (Å²) in [6.45, 7) is 3.53. The molecule has 3 rings (SSSR count). The molecular formula is C17H18ClFN2O3. The number of amides is 1. The summed E-state index contributed by atoms with van der Waals surface area (Å²) in [5.41, 5.74) is 0. The number of benzene rings is 1. The molecule has 1 fully saturated rings. The van der Waals surface area contributed by atoms with Gasteiger partial charge in [0.25, 0.3) is 5.91 Å². The molecule has 24 heavy (non-hydrogen) atoms. The Balaban J connectivity index is 1.44. The van der Waals surface area contributed by atoms with Gasteiger partial charge in [-0.25, -0.2) is 4.39 Å². The van der Waals surface area contributed by atoms with E-state index in [-0.39, 0.29) is 17.5 Å². The van der Waals surface area contributed by atoms with E-state index in [1.807, 2.05) is 12.1 Å². The summed E-state index contributed by atoms with van der Waals surface area (Å²) in [6.07, 6.45) is 1.66.